The number of rotatable bonds is 6. The second kappa shape index (κ2) is 7.29. The van der Waals surface area contributed by atoms with E-state index >= 15 is 0 Å². The normalized spacial score (nSPS) is 19.6. The van der Waals surface area contributed by atoms with Gasteiger partial charge in [0.2, 0.25) is 0 Å². The molecule has 0 amide bonds. The van der Waals surface area contributed by atoms with Gasteiger partial charge in [0, 0.05) is 25.0 Å². The Bertz CT molecular complexity index is 839. The average molecular weight is 392 g/mol. The maximum absolute atomic E-state index is 13.5. The van der Waals surface area contributed by atoms with Crippen LogP contribution in [0, 0.1) is 0 Å². The van der Waals surface area contributed by atoms with Gasteiger partial charge in [0.15, 0.2) is 4.21 Å². The summed E-state index contributed by atoms with van der Waals surface area (Å²) < 4.78 is 29.1. The van der Waals surface area contributed by atoms with Crippen LogP contribution in [0.15, 0.2) is 40.7 Å². The largest absolute Gasteiger partial charge is 0.303 e. The smallest absolute Gasteiger partial charge is 0.275 e. The topological polar surface area (TPSA) is 53.5 Å². The molecule has 1 aliphatic carbocycles. The standard InChI is InChI=1S/C19H25N3O2S2/c1-2-21-12-10-17(11-13-21)22(16-6-4-3-5-7-16)26(23,24)18-14-20-19(25-18)15-8-9-15/h3-7,14-15,17H,2,8-13H2,1H3. The second-order valence-electron chi connectivity index (χ2n) is 7.09. The van der Waals surface area contributed by atoms with Gasteiger partial charge in [-0.2, -0.15) is 0 Å². The van der Waals surface area contributed by atoms with E-state index in [4.69, 9.17) is 0 Å². The third-order valence-electron chi connectivity index (χ3n) is 5.29. The molecular formula is C19H25N3O2S2. The molecule has 1 aromatic heterocycles. The van der Waals surface area contributed by atoms with Gasteiger partial charge in [-0.25, -0.2) is 13.4 Å². The second-order valence-corrected chi connectivity index (χ2v) is 10.2. The summed E-state index contributed by atoms with van der Waals surface area (Å²) in [6, 6.07) is 9.52. The quantitative estimate of drug-likeness (QED) is 0.753. The van der Waals surface area contributed by atoms with Crippen LogP contribution in [-0.2, 0) is 10.0 Å². The van der Waals surface area contributed by atoms with Crippen molar-refractivity contribution in [1.29, 1.82) is 0 Å². The molecule has 5 nitrogen and oxygen atoms in total. The predicted molar refractivity (Wildman–Crippen MR) is 105 cm³/mol. The Kier molecular flexibility index (Phi) is 5.03. The fourth-order valence-electron chi connectivity index (χ4n) is 3.60. The molecule has 0 unspecified atom stereocenters. The van der Waals surface area contributed by atoms with Crippen molar-refractivity contribution in [3.8, 4) is 0 Å². The number of anilines is 1. The minimum absolute atomic E-state index is 0.00308. The highest BCUT2D eigenvalue weighted by Gasteiger charge is 2.36. The van der Waals surface area contributed by atoms with Crippen LogP contribution in [-0.4, -0.2) is 44.0 Å². The first-order valence-electron chi connectivity index (χ1n) is 9.37. The van der Waals surface area contributed by atoms with E-state index in [0.717, 1.165) is 56.0 Å². The fourth-order valence-corrected chi connectivity index (χ4v) is 6.72. The van der Waals surface area contributed by atoms with Crippen molar-refractivity contribution < 1.29 is 8.42 Å². The highest BCUT2D eigenvalue weighted by molar-refractivity contribution is 7.94. The molecule has 2 aliphatic rings. The lowest BCUT2D eigenvalue weighted by Gasteiger charge is -2.38. The van der Waals surface area contributed by atoms with E-state index in [-0.39, 0.29) is 6.04 Å². The number of aromatic nitrogens is 1. The molecule has 1 saturated carbocycles. The SMILES string of the molecule is CCN1CCC(N(c2ccccc2)S(=O)(=O)c2cnc(C3CC3)s2)CC1. The van der Waals surface area contributed by atoms with Gasteiger partial charge < -0.3 is 4.90 Å². The van der Waals surface area contributed by atoms with E-state index < -0.39 is 10.0 Å². The summed E-state index contributed by atoms with van der Waals surface area (Å²) in [5, 5.41) is 0.970. The van der Waals surface area contributed by atoms with Crippen LogP contribution in [0.3, 0.4) is 0 Å². The molecule has 4 rings (SSSR count). The maximum Gasteiger partial charge on any atom is 0.275 e. The first-order chi connectivity index (χ1) is 12.6. The summed E-state index contributed by atoms with van der Waals surface area (Å²) in [5.74, 6) is 0.474. The Balaban J connectivity index is 1.67. The number of thiazole rings is 1. The van der Waals surface area contributed by atoms with Crippen LogP contribution < -0.4 is 4.31 Å². The van der Waals surface area contributed by atoms with Crippen molar-refractivity contribution in [2.24, 2.45) is 0 Å². The lowest BCUT2D eigenvalue weighted by Crippen LogP contribution is -2.47. The Hall–Kier alpha value is -1.44. The molecule has 0 bridgehead atoms. The minimum atomic E-state index is -3.59. The van der Waals surface area contributed by atoms with E-state index in [1.54, 1.807) is 10.5 Å². The van der Waals surface area contributed by atoms with Crippen molar-refractivity contribution >= 4 is 27.0 Å². The van der Waals surface area contributed by atoms with Gasteiger partial charge in [0.25, 0.3) is 10.0 Å². The van der Waals surface area contributed by atoms with Crippen molar-refractivity contribution in [3.05, 3.63) is 41.5 Å². The van der Waals surface area contributed by atoms with Crippen LogP contribution >= 0.6 is 11.3 Å². The number of sulfonamides is 1. The van der Waals surface area contributed by atoms with Gasteiger partial charge in [-0.1, -0.05) is 25.1 Å². The molecule has 0 N–H and O–H groups in total. The lowest BCUT2D eigenvalue weighted by atomic mass is 10.0. The number of hydrogen-bond donors (Lipinski definition) is 0. The first kappa shape index (κ1) is 17.9. The molecule has 0 spiro atoms. The molecule has 2 heterocycles. The van der Waals surface area contributed by atoms with Crippen molar-refractivity contribution in [2.45, 2.75) is 48.8 Å². The molecule has 2 fully saturated rings. The van der Waals surface area contributed by atoms with E-state index in [9.17, 15) is 8.42 Å². The van der Waals surface area contributed by atoms with Crippen molar-refractivity contribution in [3.63, 3.8) is 0 Å². The van der Waals surface area contributed by atoms with Crippen LogP contribution in [0.1, 0.15) is 43.5 Å². The van der Waals surface area contributed by atoms with Gasteiger partial charge in [-0.15, -0.1) is 11.3 Å². The Morgan fingerprint density at radius 2 is 1.85 bits per heavy atom. The van der Waals surface area contributed by atoms with E-state index in [1.807, 2.05) is 30.3 Å². The zero-order valence-corrected chi connectivity index (χ0v) is 16.7. The van der Waals surface area contributed by atoms with Gasteiger partial charge in [-0.05, 0) is 44.4 Å². The van der Waals surface area contributed by atoms with Crippen LogP contribution in [0.4, 0.5) is 5.69 Å². The van der Waals surface area contributed by atoms with E-state index in [2.05, 4.69) is 16.8 Å². The van der Waals surface area contributed by atoms with Gasteiger partial charge in [0.1, 0.15) is 0 Å². The average Bonchev–Trinajstić information content (AvgIpc) is 3.39. The fraction of sp³-hybridized carbons (Fsp3) is 0.526. The molecule has 2 aromatic rings. The first-order valence-corrected chi connectivity index (χ1v) is 11.6. The molecule has 0 radical (unpaired) electrons. The summed E-state index contributed by atoms with van der Waals surface area (Å²) in [6.45, 7) is 5.05. The number of likely N-dealkylation sites (tertiary alicyclic amines) is 1. The maximum atomic E-state index is 13.5. The van der Waals surface area contributed by atoms with Crippen LogP contribution in [0.5, 0.6) is 0 Å². The van der Waals surface area contributed by atoms with Gasteiger partial charge in [0.05, 0.1) is 16.9 Å². The van der Waals surface area contributed by atoms with Crippen molar-refractivity contribution in [1.82, 2.24) is 9.88 Å². The number of nitrogens with zero attached hydrogens (tertiary/aromatic N) is 3. The summed E-state index contributed by atoms with van der Waals surface area (Å²) >= 11 is 1.35. The summed E-state index contributed by atoms with van der Waals surface area (Å²) in [7, 11) is -3.59. The Morgan fingerprint density at radius 1 is 1.15 bits per heavy atom. The Labute approximate surface area is 159 Å². The predicted octanol–water partition coefficient (Wildman–Crippen LogP) is 3.70. The number of hydrogen-bond acceptors (Lipinski definition) is 5. The molecule has 7 heteroatoms. The van der Waals surface area contributed by atoms with Crippen LogP contribution in [0.2, 0.25) is 0 Å². The highest BCUT2D eigenvalue weighted by atomic mass is 32.2. The lowest BCUT2D eigenvalue weighted by molar-refractivity contribution is 0.224. The molecular weight excluding hydrogens is 366 g/mol. The molecule has 0 atom stereocenters. The molecule has 1 aromatic carbocycles. The Morgan fingerprint density at radius 3 is 2.46 bits per heavy atom. The number of para-hydroxylation sites is 1. The van der Waals surface area contributed by atoms with Gasteiger partial charge >= 0.3 is 0 Å². The monoisotopic (exact) mass is 391 g/mol. The zero-order valence-electron chi connectivity index (χ0n) is 15.0. The zero-order chi connectivity index (χ0) is 18.1. The highest BCUT2D eigenvalue weighted by Crippen LogP contribution is 2.43. The third-order valence-corrected chi connectivity index (χ3v) is 8.77. The van der Waals surface area contributed by atoms with E-state index in [0.29, 0.717) is 10.1 Å². The minimum Gasteiger partial charge on any atom is -0.303 e. The summed E-state index contributed by atoms with van der Waals surface area (Å²) in [5.41, 5.74) is 0.754. The van der Waals surface area contributed by atoms with Crippen LogP contribution in [0.25, 0.3) is 0 Å². The number of benzene rings is 1. The summed E-state index contributed by atoms with van der Waals surface area (Å²) in [4.78, 5) is 6.77. The molecule has 26 heavy (non-hydrogen) atoms. The van der Waals surface area contributed by atoms with Gasteiger partial charge in [-0.3, -0.25) is 4.31 Å². The van der Waals surface area contributed by atoms with Crippen molar-refractivity contribution in [2.75, 3.05) is 23.9 Å². The van der Waals surface area contributed by atoms with E-state index in [1.165, 1.54) is 11.3 Å². The number of piperidine rings is 1. The molecule has 1 saturated heterocycles. The molecule has 1 aliphatic heterocycles. The summed E-state index contributed by atoms with van der Waals surface area (Å²) in [6.07, 6.45) is 5.53. The third kappa shape index (κ3) is 3.52. The molecule has 140 valence electrons.